The molecule has 0 atom stereocenters. The topological polar surface area (TPSA) is 55.4 Å². The molecule has 0 aliphatic carbocycles. The fourth-order valence-corrected chi connectivity index (χ4v) is 2.61. The van der Waals surface area contributed by atoms with Gasteiger partial charge < -0.3 is 4.74 Å². The van der Waals surface area contributed by atoms with Crippen molar-refractivity contribution in [1.29, 1.82) is 0 Å². The van der Waals surface area contributed by atoms with Crippen LogP contribution in [0.2, 0.25) is 5.02 Å². The summed E-state index contributed by atoms with van der Waals surface area (Å²) >= 11 is 5.77. The van der Waals surface area contributed by atoms with Crippen molar-refractivity contribution in [3.8, 4) is 5.75 Å². The number of para-hydroxylation sites is 1. The number of halogens is 1. The Labute approximate surface area is 129 Å². The molecule has 0 saturated heterocycles. The lowest BCUT2D eigenvalue weighted by Gasteiger charge is -2.08. The highest BCUT2D eigenvalue weighted by Gasteiger charge is 2.10. The van der Waals surface area contributed by atoms with Crippen LogP contribution >= 0.6 is 11.6 Å². The minimum Gasteiger partial charge on any atom is -0.492 e. The first-order valence-electron chi connectivity index (χ1n) is 6.45. The smallest absolute Gasteiger partial charge is 0.215 e. The number of ether oxygens (including phenoxy) is 1. The van der Waals surface area contributed by atoms with Gasteiger partial charge in [-0.1, -0.05) is 41.9 Å². The van der Waals surface area contributed by atoms with Crippen molar-refractivity contribution in [2.75, 3.05) is 12.4 Å². The molecule has 2 aromatic carbocycles. The summed E-state index contributed by atoms with van der Waals surface area (Å²) in [4.78, 5) is 0. The lowest BCUT2D eigenvalue weighted by atomic mass is 10.2. The third kappa shape index (κ3) is 5.75. The molecule has 0 aromatic heterocycles. The van der Waals surface area contributed by atoms with E-state index >= 15 is 0 Å². The van der Waals surface area contributed by atoms with Gasteiger partial charge in [0, 0.05) is 11.6 Å². The first-order valence-corrected chi connectivity index (χ1v) is 8.48. The Balaban J connectivity index is 1.78. The summed E-state index contributed by atoms with van der Waals surface area (Å²) in [5.74, 6) is 0.570. The molecule has 0 fully saturated rings. The van der Waals surface area contributed by atoms with E-state index in [1.54, 1.807) is 36.4 Å². The predicted octanol–water partition coefficient (Wildman–Crippen LogP) is 2.84. The van der Waals surface area contributed by atoms with Crippen molar-refractivity contribution in [2.24, 2.45) is 0 Å². The van der Waals surface area contributed by atoms with Gasteiger partial charge in [0.15, 0.2) is 0 Å². The minimum absolute atomic E-state index is 0.0878. The normalized spacial score (nSPS) is 11.3. The Morgan fingerprint density at radius 1 is 1.00 bits per heavy atom. The fraction of sp³-hybridized carbons (Fsp3) is 0.200. The first kappa shape index (κ1) is 15.8. The minimum atomic E-state index is -3.37. The van der Waals surface area contributed by atoms with Gasteiger partial charge in [0.1, 0.15) is 12.4 Å². The van der Waals surface area contributed by atoms with Crippen LogP contribution in [-0.2, 0) is 16.6 Å². The predicted molar refractivity (Wildman–Crippen MR) is 84.0 cm³/mol. The van der Waals surface area contributed by atoms with Crippen LogP contribution in [0.4, 0.5) is 0 Å². The van der Waals surface area contributed by atoms with Gasteiger partial charge in [0.2, 0.25) is 10.0 Å². The zero-order valence-electron chi connectivity index (χ0n) is 11.3. The highest BCUT2D eigenvalue weighted by Crippen LogP contribution is 2.10. The van der Waals surface area contributed by atoms with Crippen LogP contribution in [0, 0.1) is 0 Å². The largest absolute Gasteiger partial charge is 0.492 e. The highest BCUT2D eigenvalue weighted by molar-refractivity contribution is 7.89. The van der Waals surface area contributed by atoms with Gasteiger partial charge in [0.05, 0.1) is 5.75 Å². The second-order valence-electron chi connectivity index (χ2n) is 4.43. The molecule has 0 unspecified atom stereocenters. The van der Waals surface area contributed by atoms with Crippen LogP contribution in [0.1, 0.15) is 5.56 Å². The van der Waals surface area contributed by atoms with Gasteiger partial charge in [-0.3, -0.25) is 0 Å². The van der Waals surface area contributed by atoms with Crippen molar-refractivity contribution in [2.45, 2.75) is 6.54 Å². The summed E-state index contributed by atoms with van der Waals surface area (Å²) in [5, 5.41) is 0.623. The second-order valence-corrected chi connectivity index (χ2v) is 6.79. The molecule has 0 amide bonds. The van der Waals surface area contributed by atoms with Gasteiger partial charge in [-0.15, -0.1) is 0 Å². The summed E-state index contributed by atoms with van der Waals surface area (Å²) in [6, 6.07) is 16.1. The number of sulfonamides is 1. The van der Waals surface area contributed by atoms with E-state index in [4.69, 9.17) is 16.3 Å². The zero-order valence-corrected chi connectivity index (χ0v) is 12.9. The molecule has 0 aliphatic rings. The van der Waals surface area contributed by atoms with Crippen molar-refractivity contribution in [1.82, 2.24) is 4.72 Å². The summed E-state index contributed by atoms with van der Waals surface area (Å²) < 4.78 is 31.6. The average molecular weight is 326 g/mol. The Kier molecular flexibility index (Phi) is 5.61. The number of rotatable bonds is 7. The fourth-order valence-electron chi connectivity index (χ4n) is 1.65. The van der Waals surface area contributed by atoms with Gasteiger partial charge in [-0.25, -0.2) is 13.1 Å². The molecule has 2 rings (SSSR count). The number of nitrogens with one attached hydrogen (secondary N) is 1. The molecule has 2 aromatic rings. The molecular weight excluding hydrogens is 310 g/mol. The van der Waals surface area contributed by atoms with E-state index in [1.165, 1.54) is 0 Å². The maximum absolute atomic E-state index is 11.8. The molecule has 0 spiro atoms. The van der Waals surface area contributed by atoms with Gasteiger partial charge in [-0.05, 0) is 29.8 Å². The molecule has 6 heteroatoms. The Morgan fingerprint density at radius 3 is 2.33 bits per heavy atom. The monoisotopic (exact) mass is 325 g/mol. The molecule has 0 aliphatic heterocycles. The lowest BCUT2D eigenvalue weighted by molar-refractivity contribution is 0.340. The third-order valence-corrected chi connectivity index (χ3v) is 4.31. The van der Waals surface area contributed by atoms with Gasteiger partial charge in [0.25, 0.3) is 0 Å². The molecule has 0 radical (unpaired) electrons. The zero-order chi connectivity index (χ0) is 15.1. The van der Waals surface area contributed by atoms with Crippen LogP contribution in [0.25, 0.3) is 0 Å². The van der Waals surface area contributed by atoms with E-state index < -0.39 is 10.0 Å². The molecule has 0 bridgehead atoms. The van der Waals surface area contributed by atoms with Crippen molar-refractivity contribution < 1.29 is 13.2 Å². The number of hydrogen-bond donors (Lipinski definition) is 1. The van der Waals surface area contributed by atoms with E-state index in [0.29, 0.717) is 10.8 Å². The highest BCUT2D eigenvalue weighted by atomic mass is 35.5. The van der Waals surface area contributed by atoms with Crippen molar-refractivity contribution >= 4 is 21.6 Å². The van der Waals surface area contributed by atoms with E-state index in [9.17, 15) is 8.42 Å². The van der Waals surface area contributed by atoms with Crippen LogP contribution < -0.4 is 9.46 Å². The van der Waals surface area contributed by atoms with Crippen LogP contribution in [-0.4, -0.2) is 20.8 Å². The van der Waals surface area contributed by atoms with Crippen molar-refractivity contribution in [3.63, 3.8) is 0 Å². The number of benzene rings is 2. The standard InChI is InChI=1S/C15H16ClNO3S/c16-14-8-6-13(7-9-14)12-17-21(18,19)11-10-20-15-4-2-1-3-5-15/h1-9,17H,10-12H2. The molecule has 21 heavy (non-hydrogen) atoms. The summed E-state index contributed by atoms with van der Waals surface area (Å²) in [6.45, 7) is 0.352. The van der Waals surface area contributed by atoms with Gasteiger partial charge >= 0.3 is 0 Å². The quantitative estimate of drug-likeness (QED) is 0.851. The summed E-state index contributed by atoms with van der Waals surface area (Å²) in [5.41, 5.74) is 0.854. The maximum atomic E-state index is 11.8. The molecule has 0 heterocycles. The molecule has 112 valence electrons. The molecular formula is C15H16ClNO3S. The van der Waals surface area contributed by atoms with Crippen LogP contribution in [0.5, 0.6) is 5.75 Å². The van der Waals surface area contributed by atoms with Crippen LogP contribution in [0.15, 0.2) is 54.6 Å². The molecule has 1 N–H and O–H groups in total. The van der Waals surface area contributed by atoms with E-state index in [1.807, 2.05) is 18.2 Å². The third-order valence-electron chi connectivity index (χ3n) is 2.77. The Hall–Kier alpha value is -1.56. The summed E-state index contributed by atoms with van der Waals surface area (Å²) in [6.07, 6.45) is 0. The average Bonchev–Trinajstić information content (AvgIpc) is 2.48. The van der Waals surface area contributed by atoms with Crippen LogP contribution in [0.3, 0.4) is 0 Å². The van der Waals surface area contributed by atoms with E-state index in [-0.39, 0.29) is 18.9 Å². The SMILES string of the molecule is O=S(=O)(CCOc1ccccc1)NCc1ccc(Cl)cc1. The maximum Gasteiger partial charge on any atom is 0.215 e. The summed E-state index contributed by atoms with van der Waals surface area (Å²) in [7, 11) is -3.37. The second kappa shape index (κ2) is 7.45. The van der Waals surface area contributed by atoms with E-state index in [2.05, 4.69) is 4.72 Å². The number of hydrogen-bond acceptors (Lipinski definition) is 3. The lowest BCUT2D eigenvalue weighted by Crippen LogP contribution is -2.28. The molecule has 4 nitrogen and oxygen atoms in total. The Bertz CT molecular complexity index is 657. The van der Waals surface area contributed by atoms with Crippen molar-refractivity contribution in [3.05, 3.63) is 65.2 Å². The first-order chi connectivity index (χ1) is 10.1. The molecule has 0 saturated carbocycles. The Morgan fingerprint density at radius 2 is 1.67 bits per heavy atom. The van der Waals surface area contributed by atoms with E-state index in [0.717, 1.165) is 5.56 Å². The van der Waals surface area contributed by atoms with Gasteiger partial charge in [-0.2, -0.15) is 0 Å².